The first-order chi connectivity index (χ1) is 7.38. The molecule has 0 aromatic heterocycles. The average molecular weight is 239 g/mol. The maximum Gasteiger partial charge on any atom is 0.227 e. The summed E-state index contributed by atoms with van der Waals surface area (Å²) in [6, 6.07) is 7.38. The molecule has 88 valence electrons. The van der Waals surface area contributed by atoms with Crippen LogP contribution in [0.1, 0.15) is 30.9 Å². The van der Waals surface area contributed by atoms with Gasteiger partial charge < -0.3 is 10.8 Å². The highest BCUT2D eigenvalue weighted by Gasteiger charge is 2.34. The molecule has 0 heterocycles. The second kappa shape index (κ2) is 4.89. The van der Waals surface area contributed by atoms with Crippen molar-refractivity contribution < 1.29 is 9.90 Å². The summed E-state index contributed by atoms with van der Waals surface area (Å²) in [5, 5.41) is 10.00. The first-order valence-electron chi connectivity index (χ1n) is 5.08. The van der Waals surface area contributed by atoms with Crippen LogP contribution in [0.25, 0.3) is 0 Å². The zero-order chi connectivity index (χ0) is 12.3. The standard InChI is InChI=1S/C12H17NO2S/c1-12(2,15)10(11(13)14)9-6-4-3-5-8(9)7-16/h3-6,10,15-16H,7H2,1-2H3,(H2,13,14). The molecule has 3 N–H and O–H groups in total. The van der Waals surface area contributed by atoms with Crippen LogP contribution in [0.15, 0.2) is 24.3 Å². The molecule has 0 radical (unpaired) electrons. The number of amides is 1. The Morgan fingerprint density at radius 1 is 1.50 bits per heavy atom. The number of hydrogen-bond donors (Lipinski definition) is 3. The van der Waals surface area contributed by atoms with Gasteiger partial charge in [0, 0.05) is 5.75 Å². The second-order valence-corrected chi connectivity index (χ2v) is 4.66. The van der Waals surface area contributed by atoms with Crippen molar-refractivity contribution >= 4 is 18.5 Å². The normalized spacial score (nSPS) is 13.5. The summed E-state index contributed by atoms with van der Waals surface area (Å²) in [7, 11) is 0. The van der Waals surface area contributed by atoms with Crippen molar-refractivity contribution in [1.82, 2.24) is 0 Å². The highest BCUT2D eigenvalue weighted by atomic mass is 32.1. The molecule has 1 atom stereocenters. The van der Waals surface area contributed by atoms with Crippen molar-refractivity contribution in [3.05, 3.63) is 35.4 Å². The van der Waals surface area contributed by atoms with Gasteiger partial charge in [-0.05, 0) is 25.0 Å². The summed E-state index contributed by atoms with van der Waals surface area (Å²) >= 11 is 4.20. The van der Waals surface area contributed by atoms with Gasteiger partial charge in [-0.1, -0.05) is 24.3 Å². The number of primary amides is 1. The van der Waals surface area contributed by atoms with Gasteiger partial charge >= 0.3 is 0 Å². The molecule has 4 heteroatoms. The van der Waals surface area contributed by atoms with Crippen molar-refractivity contribution in [2.24, 2.45) is 5.73 Å². The molecule has 16 heavy (non-hydrogen) atoms. The van der Waals surface area contributed by atoms with Gasteiger partial charge in [0.25, 0.3) is 0 Å². The van der Waals surface area contributed by atoms with E-state index in [9.17, 15) is 9.90 Å². The molecule has 0 saturated carbocycles. The minimum absolute atomic E-state index is 0.510. The highest BCUT2D eigenvalue weighted by Crippen LogP contribution is 2.30. The maximum atomic E-state index is 11.5. The lowest BCUT2D eigenvalue weighted by molar-refractivity contribution is -0.124. The molecule has 0 fully saturated rings. The Morgan fingerprint density at radius 2 is 2.06 bits per heavy atom. The molecular formula is C12H17NO2S. The van der Waals surface area contributed by atoms with Crippen LogP contribution < -0.4 is 5.73 Å². The van der Waals surface area contributed by atoms with E-state index >= 15 is 0 Å². The van der Waals surface area contributed by atoms with E-state index in [1.165, 1.54) is 0 Å². The Morgan fingerprint density at radius 3 is 2.50 bits per heavy atom. The van der Waals surface area contributed by atoms with Gasteiger partial charge in [0.2, 0.25) is 5.91 Å². The second-order valence-electron chi connectivity index (χ2n) is 4.35. The largest absolute Gasteiger partial charge is 0.389 e. The van der Waals surface area contributed by atoms with Crippen LogP contribution in [0.3, 0.4) is 0 Å². The van der Waals surface area contributed by atoms with Gasteiger partial charge in [-0.3, -0.25) is 4.79 Å². The number of hydrogen-bond acceptors (Lipinski definition) is 3. The molecule has 3 nitrogen and oxygen atoms in total. The van der Waals surface area contributed by atoms with Gasteiger partial charge in [0.05, 0.1) is 11.5 Å². The molecular weight excluding hydrogens is 222 g/mol. The maximum absolute atomic E-state index is 11.5. The van der Waals surface area contributed by atoms with E-state index < -0.39 is 17.4 Å². The first kappa shape index (κ1) is 13.1. The number of aliphatic hydroxyl groups is 1. The summed E-state index contributed by atoms with van der Waals surface area (Å²) in [6.07, 6.45) is 0. The molecule has 0 aliphatic carbocycles. The fourth-order valence-electron chi connectivity index (χ4n) is 1.84. The van der Waals surface area contributed by atoms with Crippen LogP contribution in [-0.4, -0.2) is 16.6 Å². The summed E-state index contributed by atoms with van der Waals surface area (Å²) in [6.45, 7) is 3.16. The SMILES string of the molecule is CC(C)(O)C(C(N)=O)c1ccccc1CS. The van der Waals surface area contributed by atoms with Crippen molar-refractivity contribution in [3.63, 3.8) is 0 Å². The highest BCUT2D eigenvalue weighted by molar-refractivity contribution is 7.79. The Kier molecular flexibility index (Phi) is 3.99. The van der Waals surface area contributed by atoms with Crippen molar-refractivity contribution in [2.75, 3.05) is 0 Å². The molecule has 0 spiro atoms. The van der Waals surface area contributed by atoms with Gasteiger partial charge in [-0.2, -0.15) is 12.6 Å². The number of nitrogens with two attached hydrogens (primary N) is 1. The Balaban J connectivity index is 3.27. The molecule has 1 rings (SSSR count). The Labute approximate surface area is 101 Å². The van der Waals surface area contributed by atoms with Gasteiger partial charge in [-0.25, -0.2) is 0 Å². The zero-order valence-electron chi connectivity index (χ0n) is 9.47. The van der Waals surface area contributed by atoms with Crippen molar-refractivity contribution in [2.45, 2.75) is 31.1 Å². The van der Waals surface area contributed by atoms with E-state index in [1.54, 1.807) is 19.9 Å². The Hall–Kier alpha value is -1.00. The third kappa shape index (κ3) is 2.77. The van der Waals surface area contributed by atoms with E-state index in [0.717, 1.165) is 11.1 Å². The van der Waals surface area contributed by atoms with Crippen molar-refractivity contribution in [1.29, 1.82) is 0 Å². The molecule has 1 amide bonds. The molecule has 0 aliphatic rings. The molecule has 1 aromatic rings. The van der Waals surface area contributed by atoms with Crippen LogP contribution in [0.2, 0.25) is 0 Å². The predicted octanol–water partition coefficient (Wildman–Crippen LogP) is 1.46. The number of carbonyl (C=O) groups excluding carboxylic acids is 1. The Bertz CT molecular complexity index is 385. The third-order valence-electron chi connectivity index (χ3n) is 2.53. The van der Waals surface area contributed by atoms with Crippen LogP contribution >= 0.6 is 12.6 Å². The first-order valence-corrected chi connectivity index (χ1v) is 5.71. The monoisotopic (exact) mass is 239 g/mol. The lowest BCUT2D eigenvalue weighted by Crippen LogP contribution is -2.39. The molecule has 0 bridgehead atoms. The van der Waals surface area contributed by atoms with E-state index in [4.69, 9.17) is 5.73 Å². The van der Waals surface area contributed by atoms with Crippen LogP contribution in [0.4, 0.5) is 0 Å². The van der Waals surface area contributed by atoms with E-state index in [-0.39, 0.29) is 0 Å². The summed E-state index contributed by atoms with van der Waals surface area (Å²) in [4.78, 5) is 11.5. The quantitative estimate of drug-likeness (QED) is 0.696. The molecule has 0 saturated heterocycles. The number of carbonyl (C=O) groups is 1. The average Bonchev–Trinajstić information content (AvgIpc) is 2.15. The van der Waals surface area contributed by atoms with Crippen LogP contribution in [0.5, 0.6) is 0 Å². The lowest BCUT2D eigenvalue weighted by Gasteiger charge is -2.28. The number of rotatable bonds is 4. The number of benzene rings is 1. The van der Waals surface area contributed by atoms with Gasteiger partial charge in [0.15, 0.2) is 0 Å². The zero-order valence-corrected chi connectivity index (χ0v) is 10.4. The summed E-state index contributed by atoms with van der Waals surface area (Å²) < 4.78 is 0. The minimum Gasteiger partial charge on any atom is -0.389 e. The minimum atomic E-state index is -1.18. The predicted molar refractivity (Wildman–Crippen MR) is 67.4 cm³/mol. The van der Waals surface area contributed by atoms with Crippen LogP contribution in [0, 0.1) is 0 Å². The van der Waals surface area contributed by atoms with E-state index in [0.29, 0.717) is 5.75 Å². The third-order valence-corrected chi connectivity index (χ3v) is 2.87. The topological polar surface area (TPSA) is 63.3 Å². The fraction of sp³-hybridized carbons (Fsp3) is 0.417. The van der Waals surface area contributed by atoms with Gasteiger partial charge in [0.1, 0.15) is 0 Å². The van der Waals surface area contributed by atoms with Crippen LogP contribution in [-0.2, 0) is 10.5 Å². The lowest BCUT2D eigenvalue weighted by atomic mass is 9.82. The summed E-state index contributed by atoms with van der Waals surface area (Å²) in [5.74, 6) is -0.728. The molecule has 0 aliphatic heterocycles. The van der Waals surface area contributed by atoms with E-state index in [2.05, 4.69) is 12.6 Å². The van der Waals surface area contributed by atoms with Gasteiger partial charge in [-0.15, -0.1) is 0 Å². The van der Waals surface area contributed by atoms with Crippen molar-refractivity contribution in [3.8, 4) is 0 Å². The summed E-state index contributed by atoms with van der Waals surface area (Å²) in [5.41, 5.74) is 5.84. The molecule has 1 aromatic carbocycles. The number of thiol groups is 1. The fourth-order valence-corrected chi connectivity index (χ4v) is 2.13. The van der Waals surface area contributed by atoms with E-state index in [1.807, 2.05) is 18.2 Å². The molecule has 1 unspecified atom stereocenters. The smallest absolute Gasteiger partial charge is 0.227 e.